The summed E-state index contributed by atoms with van der Waals surface area (Å²) in [6, 6.07) is 15.5. The van der Waals surface area contributed by atoms with Gasteiger partial charge in [-0.2, -0.15) is 0 Å². The molecule has 0 bridgehead atoms. The molecule has 0 unspecified atom stereocenters. The molecule has 4 N–H and O–H groups in total. The van der Waals surface area contributed by atoms with Gasteiger partial charge in [0.25, 0.3) is 5.91 Å². The maximum Gasteiger partial charge on any atom is 0.508 e. The average molecular weight is 389 g/mol. The second-order valence-corrected chi connectivity index (χ2v) is 7.52. The number of carbonyl (C=O) groups is 1. The van der Waals surface area contributed by atoms with Crippen LogP contribution in [0.2, 0.25) is 0 Å². The lowest BCUT2D eigenvalue weighted by molar-refractivity contribution is 0.0713. The number of nitrogens with zero attached hydrogens (tertiary/aromatic N) is 2. The molecule has 3 aromatic rings. The molecule has 1 saturated heterocycles. The highest BCUT2D eigenvalue weighted by atomic mass is 16.4. The minimum absolute atomic E-state index is 0.0386. The van der Waals surface area contributed by atoms with Crippen molar-refractivity contribution in [2.45, 2.75) is 25.3 Å². The molecule has 4 rings (SSSR count). The van der Waals surface area contributed by atoms with Crippen LogP contribution < -0.4 is 11.3 Å². The summed E-state index contributed by atoms with van der Waals surface area (Å²) in [5.41, 5.74) is 8.88. The molecule has 1 amide bonds. The molecule has 0 atom stereocenters. The van der Waals surface area contributed by atoms with Gasteiger partial charge in [0.1, 0.15) is 0 Å². The van der Waals surface area contributed by atoms with E-state index in [1.165, 1.54) is 11.8 Å². The Hall–Kier alpha value is -2.74. The van der Waals surface area contributed by atoms with Crippen molar-refractivity contribution >= 4 is 29.4 Å². The van der Waals surface area contributed by atoms with Crippen molar-refractivity contribution in [2.75, 3.05) is 13.1 Å². The average Bonchev–Trinajstić information content (AvgIpc) is 2.77. The SMILES string of the molecule is NCc1cccc(C2CCN(C(=O)c3ccc4ccnc(B(O)O)c4c3)CC2)c1. The smallest absolute Gasteiger partial charge is 0.422 e. The molecule has 0 aliphatic carbocycles. The largest absolute Gasteiger partial charge is 0.508 e. The van der Waals surface area contributed by atoms with Gasteiger partial charge in [-0.15, -0.1) is 0 Å². The standard InChI is InChI=1S/C22H24BN3O3/c24-14-15-2-1-3-18(12-15)16-7-10-26(11-8-16)22(27)19-5-4-17-6-9-25-21(23(28)29)20(17)13-19/h1-6,9,12-13,16,28-29H,7-8,10-11,14,24H2. The van der Waals surface area contributed by atoms with Crippen molar-refractivity contribution < 1.29 is 14.8 Å². The Bertz CT molecular complexity index is 1030. The maximum absolute atomic E-state index is 13.0. The van der Waals surface area contributed by atoms with Crippen molar-refractivity contribution in [3.63, 3.8) is 0 Å². The van der Waals surface area contributed by atoms with Gasteiger partial charge in [0.15, 0.2) is 0 Å². The lowest BCUT2D eigenvalue weighted by Crippen LogP contribution is -2.38. The Labute approximate surface area is 170 Å². The normalized spacial score (nSPS) is 14.9. The number of likely N-dealkylation sites (tertiary alicyclic amines) is 1. The molecule has 1 aliphatic heterocycles. The number of hydrogen-bond donors (Lipinski definition) is 3. The third-order valence-corrected chi connectivity index (χ3v) is 5.73. The highest BCUT2D eigenvalue weighted by Gasteiger charge is 2.25. The van der Waals surface area contributed by atoms with Gasteiger partial charge in [-0.05, 0) is 53.5 Å². The molecule has 1 aliphatic rings. The molecule has 29 heavy (non-hydrogen) atoms. The minimum Gasteiger partial charge on any atom is -0.422 e. The zero-order valence-corrected chi connectivity index (χ0v) is 16.2. The molecular formula is C22H24BN3O3. The number of pyridine rings is 1. The van der Waals surface area contributed by atoms with Crippen LogP contribution in [-0.2, 0) is 6.54 Å². The zero-order chi connectivity index (χ0) is 20.4. The van der Waals surface area contributed by atoms with Crippen LogP contribution in [0, 0.1) is 0 Å². The number of amides is 1. The number of carbonyl (C=O) groups excluding carboxylic acids is 1. The second kappa shape index (κ2) is 8.33. The molecule has 2 aromatic carbocycles. The molecule has 7 heteroatoms. The van der Waals surface area contributed by atoms with Gasteiger partial charge in [0.2, 0.25) is 0 Å². The lowest BCUT2D eigenvalue weighted by atomic mass is 9.82. The summed E-state index contributed by atoms with van der Waals surface area (Å²) in [4.78, 5) is 18.9. The first-order chi connectivity index (χ1) is 14.1. The Morgan fingerprint density at radius 2 is 1.93 bits per heavy atom. The topological polar surface area (TPSA) is 99.7 Å². The first-order valence-electron chi connectivity index (χ1n) is 9.90. The van der Waals surface area contributed by atoms with E-state index in [1.807, 2.05) is 23.1 Å². The molecule has 2 heterocycles. The van der Waals surface area contributed by atoms with Crippen molar-refractivity contribution in [2.24, 2.45) is 5.73 Å². The number of fused-ring (bicyclic) bond motifs is 1. The third-order valence-electron chi connectivity index (χ3n) is 5.73. The molecule has 148 valence electrons. The van der Waals surface area contributed by atoms with Crippen LogP contribution >= 0.6 is 0 Å². The summed E-state index contributed by atoms with van der Waals surface area (Å²) in [5, 5.41) is 20.5. The Balaban J connectivity index is 1.50. The number of aromatic nitrogens is 1. The van der Waals surface area contributed by atoms with Crippen LogP contribution in [0.1, 0.15) is 40.2 Å². The fraction of sp³-hybridized carbons (Fsp3) is 0.273. The molecule has 0 saturated carbocycles. The van der Waals surface area contributed by atoms with Crippen LogP contribution in [0.4, 0.5) is 0 Å². The zero-order valence-electron chi connectivity index (χ0n) is 16.2. The highest BCUT2D eigenvalue weighted by molar-refractivity contribution is 6.60. The fourth-order valence-corrected chi connectivity index (χ4v) is 4.10. The summed E-state index contributed by atoms with van der Waals surface area (Å²) in [5.74, 6) is 0.394. The molecule has 1 fully saturated rings. The van der Waals surface area contributed by atoms with E-state index in [9.17, 15) is 14.8 Å². The van der Waals surface area contributed by atoms with Crippen LogP contribution in [0.25, 0.3) is 10.8 Å². The number of nitrogens with two attached hydrogens (primary N) is 1. The quantitative estimate of drug-likeness (QED) is 0.586. The van der Waals surface area contributed by atoms with E-state index in [2.05, 4.69) is 17.1 Å². The van der Waals surface area contributed by atoms with Gasteiger partial charge in [-0.1, -0.05) is 30.3 Å². The molecule has 6 nitrogen and oxygen atoms in total. The predicted molar refractivity (Wildman–Crippen MR) is 114 cm³/mol. The summed E-state index contributed by atoms with van der Waals surface area (Å²) in [6.07, 6.45) is 3.36. The number of benzene rings is 2. The number of rotatable bonds is 4. The summed E-state index contributed by atoms with van der Waals surface area (Å²) in [6.45, 7) is 1.92. The van der Waals surface area contributed by atoms with E-state index in [-0.39, 0.29) is 11.5 Å². The Morgan fingerprint density at radius 3 is 2.66 bits per heavy atom. The molecule has 0 radical (unpaired) electrons. The van der Waals surface area contributed by atoms with Crippen LogP contribution in [-0.4, -0.2) is 46.0 Å². The van der Waals surface area contributed by atoms with Crippen molar-refractivity contribution in [1.29, 1.82) is 0 Å². The molecular weight excluding hydrogens is 365 g/mol. The van der Waals surface area contributed by atoms with Crippen molar-refractivity contribution in [3.05, 3.63) is 71.4 Å². The third kappa shape index (κ3) is 4.03. The Morgan fingerprint density at radius 1 is 1.14 bits per heavy atom. The van der Waals surface area contributed by atoms with Gasteiger partial charge >= 0.3 is 7.12 Å². The number of piperidine rings is 1. The minimum atomic E-state index is -1.68. The van der Waals surface area contributed by atoms with Gasteiger partial charge in [-0.3, -0.25) is 9.78 Å². The fourth-order valence-electron chi connectivity index (χ4n) is 4.10. The summed E-state index contributed by atoms with van der Waals surface area (Å²) < 4.78 is 0. The van der Waals surface area contributed by atoms with Gasteiger partial charge < -0.3 is 20.7 Å². The molecule has 1 aromatic heterocycles. The van der Waals surface area contributed by atoms with Crippen molar-refractivity contribution in [3.8, 4) is 0 Å². The van der Waals surface area contributed by atoms with E-state index in [0.717, 1.165) is 23.8 Å². The molecule has 0 spiro atoms. The van der Waals surface area contributed by atoms with E-state index < -0.39 is 7.12 Å². The first kappa shape index (κ1) is 19.6. The van der Waals surface area contributed by atoms with Gasteiger partial charge in [-0.25, -0.2) is 0 Å². The van der Waals surface area contributed by atoms with Gasteiger partial charge in [0.05, 0.1) is 5.59 Å². The summed E-state index contributed by atoms with van der Waals surface area (Å²) in [7, 11) is -1.68. The van der Waals surface area contributed by atoms with Crippen molar-refractivity contribution in [1.82, 2.24) is 9.88 Å². The monoisotopic (exact) mass is 389 g/mol. The van der Waals surface area contributed by atoms with Gasteiger partial charge in [0, 0.05) is 36.8 Å². The highest BCUT2D eigenvalue weighted by Crippen LogP contribution is 2.29. The maximum atomic E-state index is 13.0. The van der Waals surface area contributed by atoms with E-state index in [1.54, 1.807) is 18.2 Å². The first-order valence-corrected chi connectivity index (χ1v) is 9.90. The van der Waals surface area contributed by atoms with E-state index >= 15 is 0 Å². The van der Waals surface area contributed by atoms with Crippen LogP contribution in [0.3, 0.4) is 0 Å². The predicted octanol–water partition coefficient (Wildman–Crippen LogP) is 1.39. The van der Waals surface area contributed by atoms with E-state index in [4.69, 9.17) is 5.73 Å². The summed E-state index contributed by atoms with van der Waals surface area (Å²) >= 11 is 0. The Kier molecular flexibility index (Phi) is 5.62. The van der Waals surface area contributed by atoms with Crippen LogP contribution in [0.15, 0.2) is 54.7 Å². The van der Waals surface area contributed by atoms with Crippen LogP contribution in [0.5, 0.6) is 0 Å². The van der Waals surface area contributed by atoms with E-state index in [0.29, 0.717) is 36.5 Å². The lowest BCUT2D eigenvalue weighted by Gasteiger charge is -2.32. The second-order valence-electron chi connectivity index (χ2n) is 7.52. The number of hydrogen-bond acceptors (Lipinski definition) is 5.